The Balaban J connectivity index is 1.91. The number of rotatable bonds is 9. The number of esters is 3. The van der Waals surface area contributed by atoms with Gasteiger partial charge < -0.3 is 19.1 Å². The van der Waals surface area contributed by atoms with Gasteiger partial charge in [-0.2, -0.15) is 0 Å². The van der Waals surface area contributed by atoms with E-state index in [2.05, 4.69) is 4.90 Å². The molecular weight excluding hydrogens is 498 g/mol. The van der Waals surface area contributed by atoms with Crippen LogP contribution < -0.4 is 0 Å². The van der Waals surface area contributed by atoms with Gasteiger partial charge in [-0.25, -0.2) is 0 Å². The lowest BCUT2D eigenvalue weighted by Crippen LogP contribution is -2.54. The Morgan fingerprint density at radius 3 is 1.97 bits per heavy atom. The van der Waals surface area contributed by atoms with Gasteiger partial charge in [-0.3, -0.25) is 19.2 Å². The Morgan fingerprint density at radius 2 is 1.44 bits per heavy atom. The molecule has 0 aromatic heterocycles. The molecule has 0 radical (unpaired) electrons. The molecule has 1 aliphatic heterocycles. The van der Waals surface area contributed by atoms with Gasteiger partial charge in [0.25, 0.3) is 0 Å². The van der Waals surface area contributed by atoms with Crippen LogP contribution in [0.5, 0.6) is 0 Å². The molecule has 0 bridgehead atoms. The Bertz CT molecular complexity index is 1230. The summed E-state index contributed by atoms with van der Waals surface area (Å²) in [6.45, 7) is 3.49. The predicted octanol–water partition coefficient (Wildman–Crippen LogP) is 4.45. The maximum atomic E-state index is 13.0. The number of allylic oxidation sites excluding steroid dienone is 3. The third-order valence-electron chi connectivity index (χ3n) is 6.80. The van der Waals surface area contributed by atoms with Crippen molar-refractivity contribution in [2.75, 3.05) is 6.61 Å². The van der Waals surface area contributed by atoms with Crippen LogP contribution in [0.25, 0.3) is 0 Å². The zero-order chi connectivity index (χ0) is 27.9. The number of carbonyl (C=O) groups is 4. The molecule has 0 N–H and O–H groups in total. The van der Waals surface area contributed by atoms with Crippen LogP contribution in [0.15, 0.2) is 84.1 Å². The van der Waals surface area contributed by atoms with Gasteiger partial charge in [-0.05, 0) is 24.0 Å². The Labute approximate surface area is 228 Å². The summed E-state index contributed by atoms with van der Waals surface area (Å²) in [4.78, 5) is 51.3. The van der Waals surface area contributed by atoms with E-state index in [1.165, 1.54) is 20.8 Å². The summed E-state index contributed by atoms with van der Waals surface area (Å²) in [6.07, 6.45) is 3.26. The lowest BCUT2D eigenvalue weighted by atomic mass is 9.84. The molecule has 2 aromatic carbocycles. The van der Waals surface area contributed by atoms with Crippen molar-refractivity contribution in [3.63, 3.8) is 0 Å². The highest BCUT2D eigenvalue weighted by Gasteiger charge is 2.44. The molecule has 3 atom stereocenters. The van der Waals surface area contributed by atoms with Crippen molar-refractivity contribution in [1.82, 2.24) is 4.90 Å². The minimum atomic E-state index is -1.08. The summed E-state index contributed by atoms with van der Waals surface area (Å²) in [5.74, 6) is -1.69. The SMILES string of the molecule is CC(=O)OC[C@@H](OC(C)=O)[C@@H](OC(C)=O)C1C=CC2=C(CCCC2=O)N1C(c1ccccc1)c1ccccc1. The van der Waals surface area contributed by atoms with E-state index in [1.54, 1.807) is 6.08 Å². The summed E-state index contributed by atoms with van der Waals surface area (Å²) in [7, 11) is 0. The third-order valence-corrected chi connectivity index (χ3v) is 6.80. The average molecular weight is 532 g/mol. The predicted molar refractivity (Wildman–Crippen MR) is 143 cm³/mol. The Morgan fingerprint density at radius 1 is 0.846 bits per heavy atom. The third kappa shape index (κ3) is 6.63. The minimum Gasteiger partial charge on any atom is -0.462 e. The van der Waals surface area contributed by atoms with Crippen molar-refractivity contribution < 1.29 is 33.4 Å². The maximum Gasteiger partial charge on any atom is 0.303 e. The molecule has 8 nitrogen and oxygen atoms in total. The van der Waals surface area contributed by atoms with Crippen LogP contribution in [-0.2, 0) is 33.4 Å². The number of ether oxygens (including phenoxy) is 3. The zero-order valence-corrected chi connectivity index (χ0v) is 22.4. The van der Waals surface area contributed by atoms with E-state index in [4.69, 9.17) is 14.2 Å². The molecular formula is C31H33NO7. The number of ketones is 1. The number of benzene rings is 2. The largest absolute Gasteiger partial charge is 0.462 e. The van der Waals surface area contributed by atoms with Crippen molar-refractivity contribution in [3.05, 3.63) is 95.2 Å². The van der Waals surface area contributed by atoms with E-state index in [0.29, 0.717) is 24.8 Å². The number of carbonyl (C=O) groups excluding carboxylic acids is 4. The minimum absolute atomic E-state index is 0.0521. The number of hydrogen-bond donors (Lipinski definition) is 0. The summed E-state index contributed by atoms with van der Waals surface area (Å²) >= 11 is 0. The monoisotopic (exact) mass is 531 g/mol. The molecule has 1 unspecified atom stereocenters. The van der Waals surface area contributed by atoms with E-state index in [9.17, 15) is 19.2 Å². The molecule has 0 fully saturated rings. The molecule has 39 heavy (non-hydrogen) atoms. The summed E-state index contributed by atoms with van der Waals surface area (Å²) in [6, 6.07) is 18.7. The van der Waals surface area contributed by atoms with Crippen LogP contribution >= 0.6 is 0 Å². The molecule has 0 spiro atoms. The fraction of sp³-hybridized carbons (Fsp3) is 0.355. The van der Waals surface area contributed by atoms with Crippen molar-refractivity contribution in [2.45, 2.75) is 64.3 Å². The van der Waals surface area contributed by atoms with Crippen LogP contribution in [-0.4, -0.2) is 53.4 Å². The Hall–Kier alpha value is -4.20. The normalized spacial score (nSPS) is 18.3. The molecule has 0 amide bonds. The van der Waals surface area contributed by atoms with Crippen molar-refractivity contribution >= 4 is 23.7 Å². The van der Waals surface area contributed by atoms with E-state index in [-0.39, 0.29) is 18.4 Å². The van der Waals surface area contributed by atoms with Crippen LogP contribution in [0.4, 0.5) is 0 Å². The smallest absolute Gasteiger partial charge is 0.303 e. The molecule has 1 aliphatic carbocycles. The van der Waals surface area contributed by atoms with Crippen molar-refractivity contribution in [2.24, 2.45) is 0 Å². The van der Waals surface area contributed by atoms with Crippen molar-refractivity contribution in [3.8, 4) is 0 Å². The van der Waals surface area contributed by atoms with Gasteiger partial charge in [0.15, 0.2) is 18.0 Å². The maximum absolute atomic E-state index is 13.0. The summed E-state index contributed by atoms with van der Waals surface area (Å²) in [5.41, 5.74) is 3.40. The lowest BCUT2D eigenvalue weighted by Gasteiger charge is -2.47. The first-order valence-electron chi connectivity index (χ1n) is 13.1. The first-order valence-corrected chi connectivity index (χ1v) is 13.1. The second-order valence-corrected chi connectivity index (χ2v) is 9.64. The van der Waals surface area contributed by atoms with Gasteiger partial charge in [-0.1, -0.05) is 72.8 Å². The molecule has 204 valence electrons. The van der Waals surface area contributed by atoms with E-state index in [0.717, 1.165) is 16.8 Å². The second-order valence-electron chi connectivity index (χ2n) is 9.64. The number of Topliss-reactive ketones (excluding diaryl/α,β-unsaturated/α-hetero) is 1. The van der Waals surface area contributed by atoms with E-state index >= 15 is 0 Å². The quantitative estimate of drug-likeness (QED) is 0.346. The molecule has 8 heteroatoms. The standard InChI is InChI=1S/C31H33NO7/c1-20(33)37-19-29(38-21(2)34)31(39-22(3)35)27-18-17-25-26(15-10-16-28(25)36)32(27)30(23-11-6-4-7-12-23)24-13-8-5-9-14-24/h4-9,11-14,17-18,27,29-31H,10,15-16,19H2,1-3H3/t27?,29-,31+/m1/s1. The Kier molecular flexibility index (Phi) is 8.96. The summed E-state index contributed by atoms with van der Waals surface area (Å²) < 4.78 is 16.6. The van der Waals surface area contributed by atoms with Crippen LogP contribution in [0.1, 0.15) is 57.2 Å². The van der Waals surface area contributed by atoms with Gasteiger partial charge in [-0.15, -0.1) is 0 Å². The topological polar surface area (TPSA) is 99.2 Å². The zero-order valence-electron chi connectivity index (χ0n) is 22.4. The van der Waals surface area contributed by atoms with Gasteiger partial charge in [0, 0.05) is 38.5 Å². The average Bonchev–Trinajstić information content (AvgIpc) is 2.91. The van der Waals surface area contributed by atoms with Gasteiger partial charge >= 0.3 is 17.9 Å². The molecule has 0 saturated carbocycles. The highest BCUT2D eigenvalue weighted by atomic mass is 16.6. The highest BCUT2D eigenvalue weighted by molar-refractivity contribution is 5.99. The van der Waals surface area contributed by atoms with Gasteiger partial charge in [0.05, 0.1) is 12.1 Å². The fourth-order valence-corrected chi connectivity index (χ4v) is 5.32. The molecule has 1 heterocycles. The molecule has 4 rings (SSSR count). The van der Waals surface area contributed by atoms with Gasteiger partial charge in [0.2, 0.25) is 0 Å². The van der Waals surface area contributed by atoms with Crippen molar-refractivity contribution in [1.29, 1.82) is 0 Å². The molecule has 0 saturated heterocycles. The van der Waals surface area contributed by atoms with E-state index in [1.807, 2.05) is 66.7 Å². The van der Waals surface area contributed by atoms with Gasteiger partial charge in [0.1, 0.15) is 6.61 Å². The molecule has 2 aliphatic rings. The summed E-state index contributed by atoms with van der Waals surface area (Å²) in [5, 5.41) is 0. The number of nitrogens with zero attached hydrogens (tertiary/aromatic N) is 1. The van der Waals surface area contributed by atoms with E-state index < -0.39 is 36.2 Å². The fourth-order valence-electron chi connectivity index (χ4n) is 5.32. The van der Waals surface area contributed by atoms with Crippen LogP contribution in [0.2, 0.25) is 0 Å². The number of hydrogen-bond acceptors (Lipinski definition) is 8. The molecule has 2 aromatic rings. The first kappa shape index (κ1) is 27.8. The van der Waals surface area contributed by atoms with Crippen LogP contribution in [0.3, 0.4) is 0 Å². The highest BCUT2D eigenvalue weighted by Crippen LogP contribution is 2.42. The lowest BCUT2D eigenvalue weighted by molar-refractivity contribution is -0.177. The first-order chi connectivity index (χ1) is 18.8. The van der Waals surface area contributed by atoms with Crippen LogP contribution in [0, 0.1) is 0 Å². The second kappa shape index (κ2) is 12.6.